The highest BCUT2D eigenvalue weighted by atomic mass is 14.7. The van der Waals surface area contributed by atoms with Gasteiger partial charge in [-0.15, -0.1) is 0 Å². The zero-order chi connectivity index (χ0) is 13.9. The van der Waals surface area contributed by atoms with Crippen LogP contribution in [-0.2, 0) is 6.42 Å². The molecule has 0 spiro atoms. The van der Waals surface area contributed by atoms with Gasteiger partial charge >= 0.3 is 0 Å². The van der Waals surface area contributed by atoms with E-state index in [9.17, 15) is 0 Å². The summed E-state index contributed by atoms with van der Waals surface area (Å²) in [5.74, 6) is 0.661. The van der Waals surface area contributed by atoms with E-state index in [-0.39, 0.29) is 0 Å². The number of pyridine rings is 1. The summed E-state index contributed by atoms with van der Waals surface area (Å²) < 4.78 is 0. The van der Waals surface area contributed by atoms with E-state index in [0.717, 1.165) is 17.6 Å². The standard InChI is InChI=1S/C19H19N/c1-14(2)13-16-9-6-10-19-17(16)11-12-18(20-19)15-7-4-3-5-8-15/h3-12,14H,13H2,1-2H3. The van der Waals surface area contributed by atoms with Crippen LogP contribution in [0.2, 0.25) is 0 Å². The molecule has 1 nitrogen and oxygen atoms in total. The Balaban J connectivity index is 2.09. The van der Waals surface area contributed by atoms with Gasteiger partial charge in [0.15, 0.2) is 0 Å². The first-order valence-electron chi connectivity index (χ1n) is 7.18. The van der Waals surface area contributed by atoms with Crippen LogP contribution in [-0.4, -0.2) is 4.98 Å². The lowest BCUT2D eigenvalue weighted by Gasteiger charge is -2.10. The summed E-state index contributed by atoms with van der Waals surface area (Å²) in [6.07, 6.45) is 1.10. The lowest BCUT2D eigenvalue weighted by molar-refractivity contribution is 0.650. The maximum atomic E-state index is 4.81. The van der Waals surface area contributed by atoms with Gasteiger partial charge in [-0.2, -0.15) is 0 Å². The Morgan fingerprint density at radius 1 is 0.850 bits per heavy atom. The van der Waals surface area contributed by atoms with Crippen molar-refractivity contribution in [2.24, 2.45) is 5.92 Å². The molecule has 0 unspecified atom stereocenters. The third-order valence-electron chi connectivity index (χ3n) is 3.52. The van der Waals surface area contributed by atoms with Crippen molar-refractivity contribution < 1.29 is 0 Å². The molecule has 0 aliphatic rings. The maximum absolute atomic E-state index is 4.81. The molecular formula is C19H19N. The van der Waals surface area contributed by atoms with Crippen molar-refractivity contribution >= 4 is 10.9 Å². The van der Waals surface area contributed by atoms with Gasteiger partial charge in [-0.3, -0.25) is 0 Å². The van der Waals surface area contributed by atoms with Crippen LogP contribution in [0.25, 0.3) is 22.2 Å². The smallest absolute Gasteiger partial charge is 0.0712 e. The third-order valence-corrected chi connectivity index (χ3v) is 3.52. The number of nitrogens with zero attached hydrogens (tertiary/aromatic N) is 1. The summed E-state index contributed by atoms with van der Waals surface area (Å²) in [5, 5.41) is 1.28. The molecule has 20 heavy (non-hydrogen) atoms. The molecule has 0 aliphatic carbocycles. The zero-order valence-electron chi connectivity index (χ0n) is 12.0. The number of rotatable bonds is 3. The van der Waals surface area contributed by atoms with Crippen LogP contribution < -0.4 is 0 Å². The molecule has 0 fully saturated rings. The van der Waals surface area contributed by atoms with E-state index >= 15 is 0 Å². The van der Waals surface area contributed by atoms with Crippen molar-refractivity contribution in [2.75, 3.05) is 0 Å². The van der Waals surface area contributed by atoms with Crippen LogP contribution in [0.3, 0.4) is 0 Å². The predicted molar refractivity (Wildman–Crippen MR) is 85.7 cm³/mol. The van der Waals surface area contributed by atoms with Gasteiger partial charge in [-0.1, -0.05) is 62.4 Å². The molecule has 100 valence electrons. The summed E-state index contributed by atoms with van der Waals surface area (Å²) in [6, 6.07) is 21.1. The van der Waals surface area contributed by atoms with Gasteiger partial charge in [0.25, 0.3) is 0 Å². The molecular weight excluding hydrogens is 242 g/mol. The van der Waals surface area contributed by atoms with E-state index in [4.69, 9.17) is 4.98 Å². The Bertz CT molecular complexity index is 714. The van der Waals surface area contributed by atoms with Gasteiger partial charge in [0.05, 0.1) is 11.2 Å². The lowest BCUT2D eigenvalue weighted by atomic mass is 9.98. The minimum atomic E-state index is 0.661. The highest BCUT2D eigenvalue weighted by Gasteiger charge is 2.06. The SMILES string of the molecule is CC(C)Cc1cccc2nc(-c3ccccc3)ccc12. The fourth-order valence-corrected chi connectivity index (χ4v) is 2.61. The molecule has 0 bridgehead atoms. The molecule has 0 N–H and O–H groups in total. The van der Waals surface area contributed by atoms with Crippen molar-refractivity contribution in [3.05, 3.63) is 66.2 Å². The first-order valence-corrected chi connectivity index (χ1v) is 7.18. The Morgan fingerprint density at radius 3 is 2.40 bits per heavy atom. The summed E-state index contributed by atoms with van der Waals surface area (Å²) in [5.41, 5.74) is 4.69. The van der Waals surface area contributed by atoms with Gasteiger partial charge in [-0.05, 0) is 30.0 Å². The second-order valence-corrected chi connectivity index (χ2v) is 5.64. The van der Waals surface area contributed by atoms with Crippen molar-refractivity contribution in [1.29, 1.82) is 0 Å². The van der Waals surface area contributed by atoms with Gasteiger partial charge in [0.1, 0.15) is 0 Å². The molecule has 0 saturated carbocycles. The lowest BCUT2D eigenvalue weighted by Crippen LogP contribution is -1.96. The van der Waals surface area contributed by atoms with Crippen LogP contribution in [0.4, 0.5) is 0 Å². The van der Waals surface area contributed by atoms with Crippen molar-refractivity contribution in [2.45, 2.75) is 20.3 Å². The predicted octanol–water partition coefficient (Wildman–Crippen LogP) is 5.10. The van der Waals surface area contributed by atoms with Gasteiger partial charge in [0, 0.05) is 10.9 Å². The monoisotopic (exact) mass is 261 g/mol. The Labute approximate surface area is 120 Å². The summed E-state index contributed by atoms with van der Waals surface area (Å²) in [4.78, 5) is 4.81. The number of benzene rings is 2. The minimum absolute atomic E-state index is 0.661. The van der Waals surface area contributed by atoms with E-state index in [0.29, 0.717) is 5.92 Å². The average Bonchev–Trinajstić information content (AvgIpc) is 2.47. The molecule has 0 aliphatic heterocycles. The summed E-state index contributed by atoms with van der Waals surface area (Å²) >= 11 is 0. The molecule has 0 atom stereocenters. The normalized spacial score (nSPS) is 11.2. The highest BCUT2D eigenvalue weighted by Crippen LogP contribution is 2.24. The van der Waals surface area contributed by atoms with Crippen LogP contribution in [0, 0.1) is 5.92 Å². The molecule has 2 aromatic carbocycles. The van der Waals surface area contributed by atoms with Gasteiger partial charge < -0.3 is 0 Å². The van der Waals surface area contributed by atoms with Crippen molar-refractivity contribution in [3.63, 3.8) is 0 Å². The van der Waals surface area contributed by atoms with Crippen molar-refractivity contribution in [3.8, 4) is 11.3 Å². The largest absolute Gasteiger partial charge is 0.248 e. The van der Waals surface area contributed by atoms with Crippen LogP contribution in [0.1, 0.15) is 19.4 Å². The Kier molecular flexibility index (Phi) is 3.51. The van der Waals surface area contributed by atoms with Crippen LogP contribution >= 0.6 is 0 Å². The quantitative estimate of drug-likeness (QED) is 0.639. The average molecular weight is 261 g/mol. The fourth-order valence-electron chi connectivity index (χ4n) is 2.61. The van der Waals surface area contributed by atoms with Crippen LogP contribution in [0.15, 0.2) is 60.7 Å². The first kappa shape index (κ1) is 12.9. The Hall–Kier alpha value is -2.15. The second-order valence-electron chi connectivity index (χ2n) is 5.64. The molecule has 0 amide bonds. The third kappa shape index (κ3) is 2.57. The summed E-state index contributed by atoms with van der Waals surface area (Å²) in [6.45, 7) is 4.51. The van der Waals surface area contributed by atoms with Gasteiger partial charge in [0.2, 0.25) is 0 Å². The van der Waals surface area contributed by atoms with E-state index in [1.807, 2.05) is 6.07 Å². The van der Waals surface area contributed by atoms with Crippen molar-refractivity contribution in [1.82, 2.24) is 4.98 Å². The van der Waals surface area contributed by atoms with E-state index < -0.39 is 0 Å². The number of hydrogen-bond donors (Lipinski definition) is 0. The molecule has 3 rings (SSSR count). The summed E-state index contributed by atoms with van der Waals surface area (Å²) in [7, 11) is 0. The maximum Gasteiger partial charge on any atom is 0.0712 e. The molecule has 0 saturated heterocycles. The van der Waals surface area contributed by atoms with Crippen LogP contribution in [0.5, 0.6) is 0 Å². The van der Waals surface area contributed by atoms with Gasteiger partial charge in [-0.25, -0.2) is 4.98 Å². The number of aromatic nitrogens is 1. The topological polar surface area (TPSA) is 12.9 Å². The molecule has 1 heterocycles. The first-order chi connectivity index (χ1) is 9.74. The number of hydrogen-bond acceptors (Lipinski definition) is 1. The molecule has 0 radical (unpaired) electrons. The molecule has 1 aromatic heterocycles. The molecule has 1 heteroatoms. The fraction of sp³-hybridized carbons (Fsp3) is 0.211. The van der Waals surface area contributed by atoms with E-state index in [2.05, 4.69) is 68.4 Å². The molecule has 3 aromatic rings. The Morgan fingerprint density at radius 2 is 1.65 bits per heavy atom. The highest BCUT2D eigenvalue weighted by molar-refractivity contribution is 5.84. The second kappa shape index (κ2) is 5.46. The zero-order valence-corrected chi connectivity index (χ0v) is 12.0. The minimum Gasteiger partial charge on any atom is -0.248 e. The van der Waals surface area contributed by atoms with E-state index in [1.54, 1.807) is 0 Å². The van der Waals surface area contributed by atoms with E-state index in [1.165, 1.54) is 16.5 Å². The number of fused-ring (bicyclic) bond motifs is 1.